The van der Waals surface area contributed by atoms with Gasteiger partial charge >= 0.3 is 0 Å². The molecule has 0 saturated heterocycles. The van der Waals surface area contributed by atoms with Gasteiger partial charge in [0.2, 0.25) is 0 Å². The lowest BCUT2D eigenvalue weighted by atomic mass is 10.5. The molecule has 0 unspecified atom stereocenters. The molecule has 1 heterocycles. The van der Waals surface area contributed by atoms with Gasteiger partial charge in [-0.2, -0.15) is 5.26 Å². The van der Waals surface area contributed by atoms with E-state index in [1.807, 2.05) is 12.1 Å². The van der Waals surface area contributed by atoms with Crippen LogP contribution in [0.5, 0.6) is 0 Å². The van der Waals surface area contributed by atoms with Gasteiger partial charge in [-0.25, -0.2) is 0 Å². The maximum Gasteiger partial charge on any atom is 0.106 e. The number of allylic oxidation sites excluding steroid dienone is 1. The van der Waals surface area contributed by atoms with Crippen molar-refractivity contribution in [1.82, 2.24) is 0 Å². The van der Waals surface area contributed by atoms with Gasteiger partial charge in [-0.1, -0.05) is 0 Å². The fourth-order valence-corrected chi connectivity index (χ4v) is 0.642. The van der Waals surface area contributed by atoms with Gasteiger partial charge < -0.3 is 0 Å². The Balaban J connectivity index is 2.60. The summed E-state index contributed by atoms with van der Waals surface area (Å²) in [6.45, 7) is 0. The van der Waals surface area contributed by atoms with Gasteiger partial charge in [0.05, 0.1) is 4.91 Å². The zero-order valence-corrected chi connectivity index (χ0v) is 3.96. The second-order valence-corrected chi connectivity index (χ2v) is 2.05. The standard InChI is InChI=1S/C4H3NS/c5-3-4-1-2-6-4/h1H,2H2. The van der Waals surface area contributed by atoms with Crippen molar-refractivity contribution in [3.8, 4) is 6.07 Å². The quantitative estimate of drug-likeness (QED) is 0.452. The van der Waals surface area contributed by atoms with E-state index in [0.29, 0.717) is 0 Å². The van der Waals surface area contributed by atoms with Crippen LogP contribution in [0.15, 0.2) is 11.0 Å². The van der Waals surface area contributed by atoms with Crippen LogP contribution in [-0.2, 0) is 0 Å². The first-order chi connectivity index (χ1) is 2.93. The molecular formula is C4H3NS. The molecule has 0 spiro atoms. The molecule has 0 aromatic heterocycles. The molecule has 1 aliphatic heterocycles. The lowest BCUT2D eigenvalue weighted by molar-refractivity contribution is 1.50. The first-order valence-corrected chi connectivity index (χ1v) is 2.65. The normalized spacial score (nSPS) is 17.5. The summed E-state index contributed by atoms with van der Waals surface area (Å²) in [6.07, 6.45) is 1.92. The Morgan fingerprint density at radius 1 is 2.00 bits per heavy atom. The molecule has 1 nitrogen and oxygen atoms in total. The van der Waals surface area contributed by atoms with Crippen LogP contribution in [0.4, 0.5) is 0 Å². The fourth-order valence-electron chi connectivity index (χ4n) is 0.245. The number of nitrogens with zero attached hydrogens (tertiary/aromatic N) is 1. The second-order valence-electron chi connectivity index (χ2n) is 0.991. The molecule has 0 atom stereocenters. The van der Waals surface area contributed by atoms with Crippen molar-refractivity contribution < 1.29 is 0 Å². The van der Waals surface area contributed by atoms with Crippen molar-refractivity contribution in [2.75, 3.05) is 5.75 Å². The second kappa shape index (κ2) is 1.36. The Hall–Kier alpha value is -0.420. The highest BCUT2D eigenvalue weighted by Crippen LogP contribution is 2.23. The SMILES string of the molecule is N#CC1=CCS1. The maximum absolute atomic E-state index is 8.05. The Morgan fingerprint density at radius 3 is 2.67 bits per heavy atom. The zero-order chi connectivity index (χ0) is 4.41. The van der Waals surface area contributed by atoms with Crippen molar-refractivity contribution in [3.05, 3.63) is 11.0 Å². The molecule has 30 valence electrons. The monoisotopic (exact) mass is 97.0 g/mol. The Kier molecular flexibility index (Phi) is 0.849. The van der Waals surface area contributed by atoms with E-state index >= 15 is 0 Å². The van der Waals surface area contributed by atoms with Gasteiger partial charge in [-0.15, -0.1) is 11.8 Å². The van der Waals surface area contributed by atoms with E-state index in [9.17, 15) is 0 Å². The number of rotatable bonds is 0. The summed E-state index contributed by atoms with van der Waals surface area (Å²) >= 11 is 1.61. The summed E-state index contributed by atoms with van der Waals surface area (Å²) in [5.41, 5.74) is 0. The summed E-state index contributed by atoms with van der Waals surface area (Å²) in [4.78, 5) is 0.870. The highest BCUT2D eigenvalue weighted by Gasteiger charge is 2.01. The molecule has 1 aliphatic rings. The molecule has 2 heteroatoms. The molecule has 0 radical (unpaired) electrons. The summed E-state index contributed by atoms with van der Waals surface area (Å²) in [7, 11) is 0. The molecule has 1 rings (SSSR count). The number of hydrogen-bond acceptors (Lipinski definition) is 2. The number of hydrogen-bond donors (Lipinski definition) is 0. The van der Waals surface area contributed by atoms with E-state index in [4.69, 9.17) is 5.26 Å². The topological polar surface area (TPSA) is 23.8 Å². The summed E-state index contributed by atoms with van der Waals surface area (Å²) in [5.74, 6) is 1.03. The molecule has 6 heavy (non-hydrogen) atoms. The molecule has 0 aliphatic carbocycles. The van der Waals surface area contributed by atoms with E-state index in [0.717, 1.165) is 10.7 Å². The average Bonchev–Trinajstić information content (AvgIpc) is 1.31. The van der Waals surface area contributed by atoms with E-state index < -0.39 is 0 Å². The molecule has 0 bridgehead atoms. The fraction of sp³-hybridized carbons (Fsp3) is 0.250. The van der Waals surface area contributed by atoms with Crippen molar-refractivity contribution in [2.24, 2.45) is 0 Å². The smallest absolute Gasteiger partial charge is 0.106 e. The average molecular weight is 97.1 g/mol. The summed E-state index contributed by atoms with van der Waals surface area (Å²) in [5, 5.41) is 8.05. The van der Waals surface area contributed by atoms with E-state index in [1.54, 1.807) is 11.8 Å². The van der Waals surface area contributed by atoms with Gasteiger partial charge in [0, 0.05) is 5.75 Å². The van der Waals surface area contributed by atoms with Crippen LogP contribution in [0.3, 0.4) is 0 Å². The van der Waals surface area contributed by atoms with Crippen LogP contribution in [0.2, 0.25) is 0 Å². The van der Waals surface area contributed by atoms with Crippen LogP contribution >= 0.6 is 11.8 Å². The molecule has 0 aromatic rings. The van der Waals surface area contributed by atoms with Gasteiger partial charge in [-0.05, 0) is 6.08 Å². The van der Waals surface area contributed by atoms with Crippen molar-refractivity contribution in [3.63, 3.8) is 0 Å². The number of nitriles is 1. The minimum atomic E-state index is 0.870. The molecule has 0 amide bonds. The Bertz CT molecular complexity index is 120. The molecule has 0 N–H and O–H groups in total. The third kappa shape index (κ3) is 0.415. The van der Waals surface area contributed by atoms with Gasteiger partial charge in [0.1, 0.15) is 6.07 Å². The van der Waals surface area contributed by atoms with Crippen LogP contribution in [0, 0.1) is 11.3 Å². The maximum atomic E-state index is 8.05. The van der Waals surface area contributed by atoms with Gasteiger partial charge in [-0.3, -0.25) is 0 Å². The predicted molar refractivity (Wildman–Crippen MR) is 26.2 cm³/mol. The largest absolute Gasteiger partial charge is 0.192 e. The molecule has 0 aromatic carbocycles. The third-order valence-corrected chi connectivity index (χ3v) is 1.52. The first-order valence-electron chi connectivity index (χ1n) is 1.66. The summed E-state index contributed by atoms with van der Waals surface area (Å²) in [6, 6.07) is 2.03. The lowest BCUT2D eigenvalue weighted by Crippen LogP contribution is -1.85. The predicted octanol–water partition coefficient (Wildman–Crippen LogP) is 1.14. The van der Waals surface area contributed by atoms with Crippen molar-refractivity contribution in [2.45, 2.75) is 0 Å². The molecule has 0 fully saturated rings. The minimum Gasteiger partial charge on any atom is -0.192 e. The third-order valence-electron chi connectivity index (χ3n) is 0.618. The first kappa shape index (κ1) is 3.76. The van der Waals surface area contributed by atoms with Gasteiger partial charge in [0.15, 0.2) is 0 Å². The van der Waals surface area contributed by atoms with Crippen molar-refractivity contribution >= 4 is 11.8 Å². The van der Waals surface area contributed by atoms with E-state index in [-0.39, 0.29) is 0 Å². The van der Waals surface area contributed by atoms with Crippen LogP contribution in [-0.4, -0.2) is 5.75 Å². The van der Waals surface area contributed by atoms with Crippen LogP contribution in [0.1, 0.15) is 0 Å². The van der Waals surface area contributed by atoms with Crippen LogP contribution < -0.4 is 0 Å². The molecular weight excluding hydrogens is 94.1 g/mol. The molecule has 0 saturated carbocycles. The Labute approximate surface area is 40.7 Å². The van der Waals surface area contributed by atoms with Crippen LogP contribution in [0.25, 0.3) is 0 Å². The highest BCUT2D eigenvalue weighted by atomic mass is 32.2. The lowest BCUT2D eigenvalue weighted by Gasteiger charge is -2.01. The van der Waals surface area contributed by atoms with Crippen molar-refractivity contribution in [1.29, 1.82) is 5.26 Å². The number of thioether (sulfide) groups is 1. The minimum absolute atomic E-state index is 0.870. The summed E-state index contributed by atoms with van der Waals surface area (Å²) < 4.78 is 0. The van der Waals surface area contributed by atoms with E-state index in [1.165, 1.54) is 0 Å². The highest BCUT2D eigenvalue weighted by molar-refractivity contribution is 8.04. The Morgan fingerprint density at radius 2 is 2.67 bits per heavy atom. The van der Waals surface area contributed by atoms with Gasteiger partial charge in [0.25, 0.3) is 0 Å². The zero-order valence-electron chi connectivity index (χ0n) is 3.14. The van der Waals surface area contributed by atoms with E-state index in [2.05, 4.69) is 0 Å².